The van der Waals surface area contributed by atoms with E-state index in [-0.39, 0.29) is 5.41 Å². The van der Waals surface area contributed by atoms with Gasteiger partial charge in [-0.3, -0.25) is 0 Å². The van der Waals surface area contributed by atoms with E-state index in [2.05, 4.69) is 44.1 Å². The first-order chi connectivity index (χ1) is 8.59. The van der Waals surface area contributed by atoms with Crippen LogP contribution >= 0.6 is 0 Å². The van der Waals surface area contributed by atoms with Crippen LogP contribution in [0.25, 0.3) is 0 Å². The summed E-state index contributed by atoms with van der Waals surface area (Å²) in [6.45, 7) is 2.93. The van der Waals surface area contributed by atoms with Crippen LogP contribution in [0.4, 0.5) is 5.69 Å². The summed E-state index contributed by atoms with van der Waals surface area (Å²) in [6.07, 6.45) is 6.49. The molecule has 0 saturated heterocycles. The maximum atomic E-state index is 6.16. The Hall–Kier alpha value is -1.02. The Morgan fingerprint density at radius 1 is 1.17 bits per heavy atom. The Morgan fingerprint density at radius 3 is 2.39 bits per heavy atom. The van der Waals surface area contributed by atoms with Gasteiger partial charge in [0.15, 0.2) is 0 Å². The maximum absolute atomic E-state index is 6.16. The largest absolute Gasteiger partial charge is 0.377 e. The Labute approximate surface area is 111 Å². The second-order valence-electron chi connectivity index (χ2n) is 5.96. The van der Waals surface area contributed by atoms with Crippen LogP contribution < -0.4 is 10.6 Å². The van der Waals surface area contributed by atoms with E-state index < -0.39 is 0 Å². The van der Waals surface area contributed by atoms with Crippen molar-refractivity contribution in [3.8, 4) is 0 Å². The van der Waals surface area contributed by atoms with E-state index in [0.29, 0.717) is 0 Å². The van der Waals surface area contributed by atoms with Crippen LogP contribution in [0.1, 0.15) is 43.2 Å². The molecule has 1 fully saturated rings. The zero-order chi connectivity index (χ0) is 13.2. The number of nitrogens with two attached hydrogens (primary N) is 1. The molecule has 18 heavy (non-hydrogen) atoms. The summed E-state index contributed by atoms with van der Waals surface area (Å²) < 4.78 is 0. The molecule has 0 radical (unpaired) electrons. The van der Waals surface area contributed by atoms with Gasteiger partial charge in [0, 0.05) is 31.7 Å². The molecule has 2 N–H and O–H groups in total. The van der Waals surface area contributed by atoms with Crippen molar-refractivity contribution in [3.63, 3.8) is 0 Å². The van der Waals surface area contributed by atoms with Crippen LogP contribution in [0.15, 0.2) is 18.2 Å². The molecule has 1 aromatic rings. The fourth-order valence-electron chi connectivity index (χ4n) is 3.27. The zero-order valence-corrected chi connectivity index (χ0v) is 12.0. The second-order valence-corrected chi connectivity index (χ2v) is 5.96. The third kappa shape index (κ3) is 2.39. The normalized spacial score (nSPS) is 18.7. The van der Waals surface area contributed by atoms with Gasteiger partial charge in [-0.25, -0.2) is 0 Å². The molecule has 0 amide bonds. The minimum Gasteiger partial charge on any atom is -0.377 e. The number of anilines is 1. The zero-order valence-electron chi connectivity index (χ0n) is 12.0. The first-order valence-corrected chi connectivity index (χ1v) is 7.07. The number of hydrogen-bond donors (Lipinski definition) is 1. The van der Waals surface area contributed by atoms with E-state index in [4.69, 9.17) is 5.73 Å². The fourth-order valence-corrected chi connectivity index (χ4v) is 3.27. The number of rotatable bonds is 3. The SMILES string of the molecule is Cc1ccc(C2(CN)CCCCC2)c(N(C)C)c1. The number of aryl methyl sites for hydroxylation is 1. The molecular formula is C16H26N2. The quantitative estimate of drug-likeness (QED) is 0.887. The van der Waals surface area contributed by atoms with Crippen molar-refractivity contribution in [2.75, 3.05) is 25.5 Å². The molecule has 1 aromatic carbocycles. The highest BCUT2D eigenvalue weighted by Crippen LogP contribution is 2.42. The standard InChI is InChI=1S/C16H26N2/c1-13-7-8-14(15(11-13)18(2)3)16(12-17)9-5-4-6-10-16/h7-8,11H,4-6,9-10,12,17H2,1-3H3. The molecule has 0 atom stereocenters. The van der Waals surface area contributed by atoms with Crippen molar-refractivity contribution in [2.45, 2.75) is 44.4 Å². The van der Waals surface area contributed by atoms with Crippen LogP contribution in [0.3, 0.4) is 0 Å². The topological polar surface area (TPSA) is 29.3 Å². The molecule has 0 aliphatic heterocycles. The molecule has 0 bridgehead atoms. The molecule has 1 aliphatic carbocycles. The Bertz CT molecular complexity index is 404. The van der Waals surface area contributed by atoms with Crippen molar-refractivity contribution < 1.29 is 0 Å². The first-order valence-electron chi connectivity index (χ1n) is 7.07. The monoisotopic (exact) mass is 246 g/mol. The summed E-state index contributed by atoms with van der Waals surface area (Å²) in [5.41, 5.74) is 10.5. The van der Waals surface area contributed by atoms with Crippen LogP contribution in [0.2, 0.25) is 0 Å². The molecule has 0 spiro atoms. The Morgan fingerprint density at radius 2 is 1.83 bits per heavy atom. The van der Waals surface area contributed by atoms with Gasteiger partial charge in [-0.1, -0.05) is 31.4 Å². The van der Waals surface area contributed by atoms with E-state index in [9.17, 15) is 0 Å². The summed E-state index contributed by atoms with van der Waals surface area (Å²) in [5, 5.41) is 0. The maximum Gasteiger partial charge on any atom is 0.0402 e. The van der Waals surface area contributed by atoms with Crippen LogP contribution in [-0.4, -0.2) is 20.6 Å². The van der Waals surface area contributed by atoms with E-state index in [1.165, 1.54) is 48.9 Å². The Balaban J connectivity index is 2.47. The minimum absolute atomic E-state index is 0.214. The molecule has 0 aromatic heterocycles. The van der Waals surface area contributed by atoms with Crippen molar-refractivity contribution in [1.29, 1.82) is 0 Å². The van der Waals surface area contributed by atoms with Gasteiger partial charge in [0.1, 0.15) is 0 Å². The van der Waals surface area contributed by atoms with Crippen LogP contribution in [-0.2, 0) is 5.41 Å². The lowest BCUT2D eigenvalue weighted by Crippen LogP contribution is -2.38. The van der Waals surface area contributed by atoms with Gasteiger partial charge in [0.25, 0.3) is 0 Å². The lowest BCUT2D eigenvalue weighted by molar-refractivity contribution is 0.301. The van der Waals surface area contributed by atoms with Gasteiger partial charge in [0.2, 0.25) is 0 Å². The van der Waals surface area contributed by atoms with E-state index in [1.807, 2.05) is 0 Å². The first kappa shape index (κ1) is 13.4. The summed E-state index contributed by atoms with van der Waals surface area (Å²) >= 11 is 0. The van der Waals surface area contributed by atoms with Crippen molar-refractivity contribution in [1.82, 2.24) is 0 Å². The molecule has 100 valence electrons. The average molecular weight is 246 g/mol. The van der Waals surface area contributed by atoms with Crippen LogP contribution in [0.5, 0.6) is 0 Å². The lowest BCUT2D eigenvalue weighted by Gasteiger charge is -2.39. The third-order valence-corrected chi connectivity index (χ3v) is 4.41. The molecule has 1 saturated carbocycles. The molecule has 0 unspecified atom stereocenters. The molecule has 2 nitrogen and oxygen atoms in total. The van der Waals surface area contributed by atoms with Crippen molar-refractivity contribution >= 4 is 5.69 Å². The summed E-state index contributed by atoms with van der Waals surface area (Å²) in [6, 6.07) is 6.83. The summed E-state index contributed by atoms with van der Waals surface area (Å²) in [7, 11) is 4.26. The van der Waals surface area contributed by atoms with E-state index in [0.717, 1.165) is 6.54 Å². The predicted octanol–water partition coefficient (Wildman–Crippen LogP) is 3.22. The smallest absolute Gasteiger partial charge is 0.0402 e. The fraction of sp³-hybridized carbons (Fsp3) is 0.625. The third-order valence-electron chi connectivity index (χ3n) is 4.41. The minimum atomic E-state index is 0.214. The van der Waals surface area contributed by atoms with Gasteiger partial charge in [-0.05, 0) is 37.0 Å². The highest BCUT2D eigenvalue weighted by molar-refractivity contribution is 5.58. The lowest BCUT2D eigenvalue weighted by atomic mass is 9.68. The van der Waals surface area contributed by atoms with Crippen molar-refractivity contribution in [3.05, 3.63) is 29.3 Å². The van der Waals surface area contributed by atoms with Crippen molar-refractivity contribution in [2.24, 2.45) is 5.73 Å². The second kappa shape index (κ2) is 5.31. The number of nitrogens with zero attached hydrogens (tertiary/aromatic N) is 1. The Kier molecular flexibility index (Phi) is 3.96. The van der Waals surface area contributed by atoms with E-state index >= 15 is 0 Å². The average Bonchev–Trinajstić information content (AvgIpc) is 2.39. The number of hydrogen-bond acceptors (Lipinski definition) is 2. The van der Waals surface area contributed by atoms with Gasteiger partial charge in [0.05, 0.1) is 0 Å². The van der Waals surface area contributed by atoms with Gasteiger partial charge in [-0.2, -0.15) is 0 Å². The summed E-state index contributed by atoms with van der Waals surface area (Å²) in [4.78, 5) is 2.23. The van der Waals surface area contributed by atoms with Gasteiger partial charge < -0.3 is 10.6 Å². The van der Waals surface area contributed by atoms with Gasteiger partial charge >= 0.3 is 0 Å². The van der Waals surface area contributed by atoms with Gasteiger partial charge in [-0.15, -0.1) is 0 Å². The molecule has 2 rings (SSSR count). The predicted molar refractivity (Wildman–Crippen MR) is 79.3 cm³/mol. The van der Waals surface area contributed by atoms with Crippen LogP contribution in [0, 0.1) is 6.92 Å². The molecule has 2 heteroatoms. The molecule has 0 heterocycles. The van der Waals surface area contributed by atoms with E-state index in [1.54, 1.807) is 0 Å². The number of benzene rings is 1. The highest BCUT2D eigenvalue weighted by atomic mass is 15.1. The summed E-state index contributed by atoms with van der Waals surface area (Å²) in [5.74, 6) is 0. The highest BCUT2D eigenvalue weighted by Gasteiger charge is 2.34. The molecule has 1 aliphatic rings. The molecular weight excluding hydrogens is 220 g/mol.